The van der Waals surface area contributed by atoms with E-state index in [1.54, 1.807) is 7.05 Å². The lowest BCUT2D eigenvalue weighted by Crippen LogP contribution is -2.33. The van der Waals surface area contributed by atoms with Gasteiger partial charge in [-0.25, -0.2) is 0 Å². The predicted molar refractivity (Wildman–Crippen MR) is 62.1 cm³/mol. The second kappa shape index (κ2) is 6.24. The summed E-state index contributed by atoms with van der Waals surface area (Å²) >= 11 is 1.30. The van der Waals surface area contributed by atoms with Gasteiger partial charge in [0.25, 0.3) is 0 Å². The van der Waals surface area contributed by atoms with Gasteiger partial charge in [0.05, 0.1) is 7.11 Å². The van der Waals surface area contributed by atoms with Crippen LogP contribution in [0.2, 0.25) is 0 Å². The fourth-order valence-electron chi connectivity index (χ4n) is 1.07. The number of carbonyl (C=O) groups excluding carboxylic acids is 1. The molecule has 1 aromatic rings. The van der Waals surface area contributed by atoms with Crippen molar-refractivity contribution in [2.24, 2.45) is 7.05 Å². The number of nitrogens with zero attached hydrogens (tertiary/aromatic N) is 2. The molecule has 0 fully saturated rings. The molecule has 1 rings (SSSR count). The minimum Gasteiger partial charge on any atom is -0.469 e. The summed E-state index contributed by atoms with van der Waals surface area (Å²) in [6, 6.07) is 0. The fraction of sp³-hybridized carbons (Fsp3) is 0.556. The van der Waals surface area contributed by atoms with Crippen molar-refractivity contribution in [3.05, 3.63) is 20.7 Å². The zero-order valence-corrected chi connectivity index (χ0v) is 10.4. The van der Waals surface area contributed by atoms with Crippen molar-refractivity contribution in [2.75, 3.05) is 12.9 Å². The molecular formula is C9H13N3O4S. The van der Waals surface area contributed by atoms with Crippen molar-refractivity contribution in [2.45, 2.75) is 18.0 Å². The van der Waals surface area contributed by atoms with Crippen LogP contribution in [0.4, 0.5) is 0 Å². The number of aromatic nitrogens is 3. The number of esters is 1. The van der Waals surface area contributed by atoms with Gasteiger partial charge in [0.1, 0.15) is 0 Å². The summed E-state index contributed by atoms with van der Waals surface area (Å²) in [6.07, 6.45) is 0.938. The second-order valence-electron chi connectivity index (χ2n) is 3.23. The Bertz CT molecular complexity index is 508. The number of carbonyl (C=O) groups is 1. The monoisotopic (exact) mass is 259 g/mol. The smallest absolute Gasteiger partial charge is 0.339 e. The molecule has 0 saturated heterocycles. The minimum absolute atomic E-state index is 0.270. The normalized spacial score (nSPS) is 10.2. The summed E-state index contributed by atoms with van der Waals surface area (Å²) in [7, 11) is 2.93. The van der Waals surface area contributed by atoms with E-state index in [0.717, 1.165) is 0 Å². The SMILES string of the molecule is COC(=O)CCCSc1nc(=O)c(=O)[nH]n1C. The lowest BCUT2D eigenvalue weighted by atomic mass is 10.3. The lowest BCUT2D eigenvalue weighted by molar-refractivity contribution is -0.140. The van der Waals surface area contributed by atoms with Gasteiger partial charge in [-0.15, -0.1) is 0 Å². The Morgan fingerprint density at radius 3 is 2.88 bits per heavy atom. The molecule has 0 atom stereocenters. The number of aryl methyl sites for hydroxylation is 1. The zero-order chi connectivity index (χ0) is 12.8. The largest absolute Gasteiger partial charge is 0.469 e. The summed E-state index contributed by atoms with van der Waals surface area (Å²) < 4.78 is 5.88. The number of hydrogen-bond acceptors (Lipinski definition) is 6. The molecule has 1 N–H and O–H groups in total. The molecule has 1 aromatic heterocycles. The fourth-order valence-corrected chi connectivity index (χ4v) is 1.93. The zero-order valence-electron chi connectivity index (χ0n) is 9.56. The molecule has 8 heteroatoms. The van der Waals surface area contributed by atoms with Crippen LogP contribution >= 0.6 is 11.8 Å². The van der Waals surface area contributed by atoms with Crippen molar-refractivity contribution < 1.29 is 9.53 Å². The Hall–Kier alpha value is -1.57. The molecule has 94 valence electrons. The van der Waals surface area contributed by atoms with Crippen LogP contribution in [0.5, 0.6) is 0 Å². The molecule has 1 heterocycles. The highest BCUT2D eigenvalue weighted by Crippen LogP contribution is 2.13. The topological polar surface area (TPSA) is 94.1 Å². The molecule has 7 nitrogen and oxygen atoms in total. The maximum atomic E-state index is 11.0. The molecular weight excluding hydrogens is 246 g/mol. The average molecular weight is 259 g/mol. The van der Waals surface area contributed by atoms with E-state index in [2.05, 4.69) is 14.8 Å². The number of hydrogen-bond donors (Lipinski definition) is 1. The van der Waals surface area contributed by atoms with Crippen molar-refractivity contribution in [1.29, 1.82) is 0 Å². The summed E-state index contributed by atoms with van der Waals surface area (Å²) in [5, 5.41) is 2.76. The first-order chi connectivity index (χ1) is 8.04. The van der Waals surface area contributed by atoms with Gasteiger partial charge in [-0.3, -0.25) is 24.2 Å². The van der Waals surface area contributed by atoms with Crippen LogP contribution in [0.1, 0.15) is 12.8 Å². The highest BCUT2D eigenvalue weighted by molar-refractivity contribution is 7.99. The van der Waals surface area contributed by atoms with Crippen LogP contribution in [0.25, 0.3) is 0 Å². The van der Waals surface area contributed by atoms with E-state index >= 15 is 0 Å². The van der Waals surface area contributed by atoms with Crippen LogP contribution < -0.4 is 11.1 Å². The Balaban J connectivity index is 2.53. The molecule has 0 unspecified atom stereocenters. The Kier molecular flexibility index (Phi) is 4.95. The molecule has 0 radical (unpaired) electrons. The quantitative estimate of drug-likeness (QED) is 0.332. The van der Waals surface area contributed by atoms with Gasteiger partial charge in [0, 0.05) is 19.2 Å². The third kappa shape index (κ3) is 4.06. The molecule has 0 amide bonds. The summed E-state index contributed by atoms with van der Waals surface area (Å²) in [6.45, 7) is 0. The molecule has 0 aliphatic carbocycles. The van der Waals surface area contributed by atoms with Crippen LogP contribution in [0, 0.1) is 0 Å². The molecule has 17 heavy (non-hydrogen) atoms. The maximum absolute atomic E-state index is 11.0. The van der Waals surface area contributed by atoms with Gasteiger partial charge < -0.3 is 4.74 Å². The average Bonchev–Trinajstić information content (AvgIpc) is 2.30. The van der Waals surface area contributed by atoms with Gasteiger partial charge >= 0.3 is 17.1 Å². The molecule has 0 bridgehead atoms. The molecule has 0 aromatic carbocycles. The number of methoxy groups -OCH3 is 1. The predicted octanol–water partition coefficient (Wildman–Crippen LogP) is -0.486. The van der Waals surface area contributed by atoms with Crippen molar-refractivity contribution >= 4 is 17.7 Å². The second-order valence-corrected chi connectivity index (χ2v) is 4.29. The van der Waals surface area contributed by atoms with Gasteiger partial charge in [-0.1, -0.05) is 11.8 Å². The highest BCUT2D eigenvalue weighted by atomic mass is 32.2. The van der Waals surface area contributed by atoms with Gasteiger partial charge in [-0.05, 0) is 6.42 Å². The van der Waals surface area contributed by atoms with Crippen LogP contribution in [0.3, 0.4) is 0 Å². The molecule has 0 spiro atoms. The first-order valence-corrected chi connectivity index (χ1v) is 5.90. The van der Waals surface area contributed by atoms with Crippen molar-refractivity contribution in [1.82, 2.24) is 14.8 Å². The van der Waals surface area contributed by atoms with E-state index in [1.807, 2.05) is 0 Å². The van der Waals surface area contributed by atoms with E-state index in [4.69, 9.17) is 0 Å². The number of aromatic amines is 1. The number of thioether (sulfide) groups is 1. The van der Waals surface area contributed by atoms with E-state index in [0.29, 0.717) is 23.8 Å². The Morgan fingerprint density at radius 1 is 1.53 bits per heavy atom. The minimum atomic E-state index is -0.807. The molecule has 0 aliphatic rings. The van der Waals surface area contributed by atoms with E-state index in [-0.39, 0.29) is 5.97 Å². The standard InChI is InChI=1S/C9H13N3O4S/c1-12-9(10-7(14)8(15)11-12)17-5-3-4-6(13)16-2/h3-5H2,1-2H3,(H,11,15). The van der Waals surface area contributed by atoms with E-state index < -0.39 is 11.1 Å². The Morgan fingerprint density at radius 2 is 2.24 bits per heavy atom. The third-order valence-electron chi connectivity index (χ3n) is 1.93. The number of H-pyrrole nitrogens is 1. The first-order valence-electron chi connectivity index (χ1n) is 4.91. The first kappa shape index (κ1) is 13.5. The van der Waals surface area contributed by atoms with Crippen molar-refractivity contribution in [3.63, 3.8) is 0 Å². The summed E-state index contributed by atoms with van der Waals surface area (Å²) in [5.74, 6) is 0.343. The Labute approximate surface area is 101 Å². The van der Waals surface area contributed by atoms with Gasteiger partial charge in [0.2, 0.25) is 0 Å². The highest BCUT2D eigenvalue weighted by Gasteiger charge is 2.05. The summed E-state index contributed by atoms with van der Waals surface area (Å²) in [5.41, 5.74) is -1.55. The van der Waals surface area contributed by atoms with Crippen molar-refractivity contribution in [3.8, 4) is 0 Å². The van der Waals surface area contributed by atoms with Gasteiger partial charge in [0.15, 0.2) is 5.16 Å². The number of ether oxygens (including phenoxy) is 1. The number of nitrogens with one attached hydrogen (secondary N) is 1. The molecule has 0 aliphatic heterocycles. The van der Waals surface area contributed by atoms with Crippen LogP contribution in [0.15, 0.2) is 14.7 Å². The number of rotatable bonds is 5. The maximum Gasteiger partial charge on any atom is 0.339 e. The van der Waals surface area contributed by atoms with Crippen LogP contribution in [-0.4, -0.2) is 33.6 Å². The molecule has 0 saturated carbocycles. The van der Waals surface area contributed by atoms with E-state index in [9.17, 15) is 14.4 Å². The van der Waals surface area contributed by atoms with Gasteiger partial charge in [-0.2, -0.15) is 4.98 Å². The summed E-state index contributed by atoms with van der Waals surface area (Å²) in [4.78, 5) is 36.4. The lowest BCUT2D eigenvalue weighted by Gasteiger charge is -2.05. The van der Waals surface area contributed by atoms with Crippen LogP contribution in [-0.2, 0) is 16.6 Å². The third-order valence-corrected chi connectivity index (χ3v) is 3.05. The van der Waals surface area contributed by atoms with E-state index in [1.165, 1.54) is 23.6 Å².